The molecule has 2 aromatic carbocycles. The molecule has 0 saturated carbocycles. The molecule has 39 heavy (non-hydrogen) atoms. The highest BCUT2D eigenvalue weighted by molar-refractivity contribution is 5.88. The predicted octanol–water partition coefficient (Wildman–Crippen LogP) is 1.81. The van der Waals surface area contributed by atoms with Gasteiger partial charge in [-0.05, 0) is 37.1 Å². The number of aliphatic hydroxyl groups is 4. The molecule has 1 aromatic heterocycles. The van der Waals surface area contributed by atoms with Crippen LogP contribution >= 0.6 is 0 Å². The number of fused-ring (bicyclic) bond motifs is 1. The Kier molecular flexibility index (Phi) is 8.83. The topological polar surface area (TPSA) is 156 Å². The Hall–Kier alpha value is -3.54. The summed E-state index contributed by atoms with van der Waals surface area (Å²) in [6.07, 6.45) is -5.31. The molecule has 0 radical (unpaired) electrons. The molecule has 0 unspecified atom stereocenters. The molecule has 1 aliphatic heterocycles. The van der Waals surface area contributed by atoms with Crippen LogP contribution in [0.3, 0.4) is 0 Å². The van der Waals surface area contributed by atoms with Crippen molar-refractivity contribution in [3.8, 4) is 5.75 Å². The Balaban J connectivity index is 1.84. The van der Waals surface area contributed by atoms with E-state index in [1.807, 2.05) is 6.07 Å². The molecule has 1 fully saturated rings. The second-order valence-corrected chi connectivity index (χ2v) is 9.55. The lowest BCUT2D eigenvalue weighted by atomic mass is 9.89. The first-order chi connectivity index (χ1) is 18.6. The summed E-state index contributed by atoms with van der Waals surface area (Å²) in [6.45, 7) is 2.60. The molecule has 4 N–H and O–H groups in total. The van der Waals surface area contributed by atoms with Crippen LogP contribution < -0.4 is 10.2 Å². The van der Waals surface area contributed by atoms with Gasteiger partial charge in [-0.2, -0.15) is 0 Å². The number of ether oxygens (including phenoxy) is 3. The Bertz CT molecular complexity index is 1390. The number of benzene rings is 2. The first-order valence-electron chi connectivity index (χ1n) is 12.5. The van der Waals surface area contributed by atoms with Crippen molar-refractivity contribution >= 4 is 23.0 Å². The van der Waals surface area contributed by atoms with Gasteiger partial charge in [-0.3, -0.25) is 4.79 Å². The number of carbonyl (C=O) groups excluding carboxylic acids is 1. The number of esters is 1. The molecule has 0 amide bonds. The van der Waals surface area contributed by atoms with E-state index < -0.39 is 49.2 Å². The Morgan fingerprint density at radius 3 is 2.51 bits per heavy atom. The largest absolute Gasteiger partial charge is 0.496 e. The van der Waals surface area contributed by atoms with Crippen molar-refractivity contribution in [3.05, 3.63) is 81.2 Å². The zero-order chi connectivity index (χ0) is 28.3. The maximum absolute atomic E-state index is 13.1. The number of hydrogen-bond acceptors (Lipinski definition) is 10. The lowest BCUT2D eigenvalue weighted by Crippen LogP contribution is -2.56. The third-order valence-electron chi connectivity index (χ3n) is 6.58. The van der Waals surface area contributed by atoms with E-state index in [0.717, 1.165) is 5.56 Å². The number of carbonyl (C=O) groups is 1. The lowest BCUT2D eigenvalue weighted by molar-refractivity contribution is -0.239. The second kappa shape index (κ2) is 12.1. The Morgan fingerprint density at radius 1 is 1.15 bits per heavy atom. The van der Waals surface area contributed by atoms with E-state index >= 15 is 0 Å². The van der Waals surface area contributed by atoms with Gasteiger partial charge in [0.1, 0.15) is 41.5 Å². The number of aliphatic hydroxyl groups excluding tert-OH is 4. The molecule has 10 heteroatoms. The van der Waals surface area contributed by atoms with Crippen LogP contribution in [0.1, 0.15) is 35.5 Å². The summed E-state index contributed by atoms with van der Waals surface area (Å²) in [5.74, 6) is -0.410. The van der Waals surface area contributed by atoms with Crippen molar-refractivity contribution in [2.75, 3.05) is 13.7 Å². The minimum absolute atomic E-state index is 0.0513. The van der Waals surface area contributed by atoms with Crippen LogP contribution in [0.15, 0.2) is 57.8 Å². The monoisotopic (exact) mass is 540 g/mol. The molecule has 10 nitrogen and oxygen atoms in total. The summed E-state index contributed by atoms with van der Waals surface area (Å²) in [5.41, 5.74) is 1.11. The van der Waals surface area contributed by atoms with Gasteiger partial charge in [0.05, 0.1) is 30.8 Å². The first kappa shape index (κ1) is 28.5. The molecule has 1 saturated heterocycles. The van der Waals surface area contributed by atoms with Gasteiger partial charge >= 0.3 is 5.97 Å². The minimum Gasteiger partial charge on any atom is -0.496 e. The van der Waals surface area contributed by atoms with Crippen LogP contribution in [-0.4, -0.2) is 70.6 Å². The van der Waals surface area contributed by atoms with Crippen LogP contribution in [0.2, 0.25) is 0 Å². The van der Waals surface area contributed by atoms with Crippen molar-refractivity contribution in [3.63, 3.8) is 0 Å². The third-order valence-corrected chi connectivity index (χ3v) is 6.58. The Labute approximate surface area is 224 Å². The molecule has 6 atom stereocenters. The highest BCUT2D eigenvalue weighted by atomic mass is 16.6. The van der Waals surface area contributed by atoms with Crippen molar-refractivity contribution in [1.29, 1.82) is 0 Å². The van der Waals surface area contributed by atoms with Crippen LogP contribution in [0.25, 0.3) is 17.0 Å². The summed E-state index contributed by atoms with van der Waals surface area (Å²) < 4.78 is 23.2. The van der Waals surface area contributed by atoms with Gasteiger partial charge < -0.3 is 39.1 Å². The van der Waals surface area contributed by atoms with Crippen LogP contribution in [0.5, 0.6) is 5.75 Å². The molecule has 2 heterocycles. The molecule has 0 spiro atoms. The number of rotatable bonds is 8. The summed E-state index contributed by atoms with van der Waals surface area (Å²) in [4.78, 5) is 25.9. The van der Waals surface area contributed by atoms with Crippen molar-refractivity contribution < 1.29 is 43.8 Å². The Morgan fingerprint density at radius 2 is 1.87 bits per heavy atom. The predicted molar refractivity (Wildman–Crippen MR) is 141 cm³/mol. The summed E-state index contributed by atoms with van der Waals surface area (Å²) in [6, 6.07) is 11.9. The van der Waals surface area contributed by atoms with E-state index in [9.17, 15) is 30.0 Å². The van der Waals surface area contributed by atoms with Gasteiger partial charge in [-0.1, -0.05) is 30.3 Å². The van der Waals surface area contributed by atoms with Gasteiger partial charge in [0, 0.05) is 18.6 Å². The second-order valence-electron chi connectivity index (χ2n) is 9.55. The lowest BCUT2D eigenvalue weighted by Gasteiger charge is -2.42. The van der Waals surface area contributed by atoms with E-state index in [1.165, 1.54) is 25.3 Å². The highest BCUT2D eigenvalue weighted by Gasteiger charge is 2.49. The number of methoxy groups -OCH3 is 1. The maximum Gasteiger partial charge on any atom is 0.331 e. The molecular formula is C29H32O10. The van der Waals surface area contributed by atoms with Crippen LogP contribution in [0, 0.1) is 6.92 Å². The molecule has 1 aliphatic rings. The zero-order valence-electron chi connectivity index (χ0n) is 21.8. The molecule has 208 valence electrons. The highest BCUT2D eigenvalue weighted by Crippen LogP contribution is 2.43. The normalized spacial score (nSPS) is 24.1. The molecule has 3 aromatic rings. The number of hydrogen-bond donors (Lipinski definition) is 4. The summed E-state index contributed by atoms with van der Waals surface area (Å²) >= 11 is 0. The average Bonchev–Trinajstić information content (AvgIpc) is 2.90. The maximum atomic E-state index is 13.1. The third kappa shape index (κ3) is 6.05. The molecular weight excluding hydrogens is 508 g/mol. The van der Waals surface area contributed by atoms with Gasteiger partial charge in [0.2, 0.25) is 0 Å². The SMILES string of the molecule is COc1cc(C)c2c(=O)cc(C[C@@H](C)O)oc2c1[C@@H]1O[C@H](CO)[C@@H](O)[C@H](O)[C@H]1OC(=O)/C=C/c1ccccc1. The van der Waals surface area contributed by atoms with Gasteiger partial charge in [0.25, 0.3) is 0 Å². The number of aryl methyl sites for hydroxylation is 1. The summed E-state index contributed by atoms with van der Waals surface area (Å²) in [7, 11) is 1.39. The van der Waals surface area contributed by atoms with E-state index in [1.54, 1.807) is 44.2 Å². The standard InChI is InChI=1S/C29H32O10/c1-15-11-20(36-3)24(27-23(15)19(32)13-18(37-27)12-16(2)31)28-29(26(35)25(34)21(14-30)38-28)39-22(33)10-9-17-7-5-4-6-8-17/h4-11,13,16,21,25-26,28-31,34-35H,12,14H2,1-3H3/b10-9+/t16-,21-,25-,26+,28+,29-/m1/s1. The van der Waals surface area contributed by atoms with Gasteiger partial charge in [-0.25, -0.2) is 4.79 Å². The fraction of sp³-hybridized carbons (Fsp3) is 0.379. The minimum atomic E-state index is -1.66. The quantitative estimate of drug-likeness (QED) is 0.245. The average molecular weight is 541 g/mol. The van der Waals surface area contributed by atoms with E-state index in [4.69, 9.17) is 18.6 Å². The zero-order valence-corrected chi connectivity index (χ0v) is 21.8. The molecule has 4 rings (SSSR count). The first-order valence-corrected chi connectivity index (χ1v) is 12.5. The van der Waals surface area contributed by atoms with Crippen molar-refractivity contribution in [2.45, 2.75) is 56.9 Å². The smallest absolute Gasteiger partial charge is 0.331 e. The van der Waals surface area contributed by atoms with Crippen LogP contribution in [0.4, 0.5) is 0 Å². The van der Waals surface area contributed by atoms with E-state index in [0.29, 0.717) is 5.56 Å². The van der Waals surface area contributed by atoms with E-state index in [-0.39, 0.29) is 39.9 Å². The van der Waals surface area contributed by atoms with Gasteiger partial charge in [-0.15, -0.1) is 0 Å². The molecule has 0 bridgehead atoms. The fourth-order valence-corrected chi connectivity index (χ4v) is 4.75. The van der Waals surface area contributed by atoms with Crippen molar-refractivity contribution in [1.82, 2.24) is 0 Å². The fourth-order valence-electron chi connectivity index (χ4n) is 4.75. The van der Waals surface area contributed by atoms with E-state index in [2.05, 4.69) is 0 Å². The van der Waals surface area contributed by atoms with Gasteiger partial charge in [0.15, 0.2) is 11.5 Å². The van der Waals surface area contributed by atoms with Crippen molar-refractivity contribution in [2.24, 2.45) is 0 Å². The summed E-state index contributed by atoms with van der Waals surface area (Å²) in [5, 5.41) is 41.5. The molecule has 0 aliphatic carbocycles. The van der Waals surface area contributed by atoms with Crippen LogP contribution in [-0.2, 0) is 20.7 Å².